The van der Waals surface area contributed by atoms with Gasteiger partial charge in [-0.3, -0.25) is 0 Å². The third kappa shape index (κ3) is 6.41. The van der Waals surface area contributed by atoms with Gasteiger partial charge >= 0.3 is 5.97 Å². The summed E-state index contributed by atoms with van der Waals surface area (Å²) < 4.78 is 0. The first-order chi connectivity index (χ1) is 15.8. The fourth-order valence-electron chi connectivity index (χ4n) is 3.51. The van der Waals surface area contributed by atoms with Gasteiger partial charge in [0.2, 0.25) is 0 Å². The third-order valence-corrected chi connectivity index (χ3v) is 5.19. The van der Waals surface area contributed by atoms with E-state index in [1.807, 2.05) is 0 Å². The molecule has 0 spiro atoms. The molecule has 0 aliphatic heterocycles. The molecular formula is C27H28ClNO5. The summed E-state index contributed by atoms with van der Waals surface area (Å²) in [5, 5.41) is 35.0. The summed E-state index contributed by atoms with van der Waals surface area (Å²) in [4.78, 5) is 12.5. The molecule has 0 saturated carbocycles. The quantitative estimate of drug-likeness (QED) is 0.288. The molecule has 0 radical (unpaired) electrons. The molecule has 3 aromatic carbocycles. The Morgan fingerprint density at radius 1 is 0.853 bits per heavy atom. The molecular weight excluding hydrogens is 454 g/mol. The van der Waals surface area contributed by atoms with Crippen molar-refractivity contribution < 1.29 is 25.2 Å². The van der Waals surface area contributed by atoms with Crippen molar-refractivity contribution in [3.8, 4) is 17.2 Å². The van der Waals surface area contributed by atoms with Crippen LogP contribution in [0.3, 0.4) is 0 Å². The average Bonchev–Trinajstić information content (AvgIpc) is 2.95. The molecule has 4 rings (SSSR count). The number of carbonyl (C=O) groups is 1. The summed E-state index contributed by atoms with van der Waals surface area (Å²) in [6, 6.07) is 19.0. The van der Waals surface area contributed by atoms with E-state index in [-0.39, 0.29) is 18.0 Å². The summed E-state index contributed by atoms with van der Waals surface area (Å²) in [5.41, 5.74) is 6.32. The molecule has 7 heteroatoms. The maximum Gasteiger partial charge on any atom is 0.335 e. The van der Waals surface area contributed by atoms with Crippen LogP contribution in [0.2, 0.25) is 0 Å². The number of rotatable bonds is 4. The van der Waals surface area contributed by atoms with Crippen LogP contribution in [0, 0.1) is 0 Å². The molecule has 0 saturated heterocycles. The van der Waals surface area contributed by atoms with E-state index in [4.69, 9.17) is 20.4 Å². The minimum atomic E-state index is -1.29. The van der Waals surface area contributed by atoms with Gasteiger partial charge in [0.05, 0.1) is 5.56 Å². The fraction of sp³-hybridized carbons (Fsp3) is 0.148. The number of hydrogen-bond donors (Lipinski definition) is 4. The van der Waals surface area contributed by atoms with E-state index < -0.39 is 23.2 Å². The van der Waals surface area contributed by atoms with Gasteiger partial charge in [-0.1, -0.05) is 66.8 Å². The maximum atomic E-state index is 10.3. The lowest BCUT2D eigenvalue weighted by Crippen LogP contribution is -2.12. The normalized spacial score (nSPS) is 11.3. The zero-order valence-electron chi connectivity index (χ0n) is 19.0. The highest BCUT2D eigenvalue weighted by molar-refractivity contribution is 5.93. The summed E-state index contributed by atoms with van der Waals surface area (Å²) in [6.45, 7) is 1.07. The number of nitrogens with zero attached hydrogens (tertiary/aromatic N) is 1. The first kappa shape index (κ1) is 26.5. The third-order valence-electron chi connectivity index (χ3n) is 5.19. The molecule has 0 bridgehead atoms. The van der Waals surface area contributed by atoms with Crippen LogP contribution in [0.5, 0.6) is 17.2 Å². The number of fused-ring (bicyclic) bond motifs is 2. The summed E-state index contributed by atoms with van der Waals surface area (Å²) in [7, 11) is 4.24. The van der Waals surface area contributed by atoms with Crippen LogP contribution in [0.15, 0.2) is 66.7 Å². The minimum Gasteiger partial charge on any atom is -0.504 e. The summed E-state index contributed by atoms with van der Waals surface area (Å²) in [6.07, 6.45) is 7.89. The van der Waals surface area contributed by atoms with Crippen LogP contribution in [0.1, 0.15) is 39.0 Å². The van der Waals surface area contributed by atoms with Crippen LogP contribution >= 0.6 is 12.4 Å². The molecule has 0 unspecified atom stereocenters. The highest BCUT2D eigenvalue weighted by atomic mass is 35.5. The molecule has 3 aromatic rings. The van der Waals surface area contributed by atoms with Crippen LogP contribution in [0.25, 0.3) is 17.7 Å². The van der Waals surface area contributed by atoms with Gasteiger partial charge in [-0.25, -0.2) is 4.79 Å². The Kier molecular flexibility index (Phi) is 9.30. The number of phenols is 3. The molecule has 0 atom stereocenters. The number of carboxylic acids is 1. The predicted molar refractivity (Wildman–Crippen MR) is 138 cm³/mol. The highest BCUT2D eigenvalue weighted by Crippen LogP contribution is 2.35. The molecule has 178 valence electrons. The topological polar surface area (TPSA) is 101 Å². The zero-order chi connectivity index (χ0) is 24.0. The molecule has 0 amide bonds. The van der Waals surface area contributed by atoms with Crippen molar-refractivity contribution in [1.29, 1.82) is 0 Å². The van der Waals surface area contributed by atoms with E-state index in [1.54, 1.807) is 0 Å². The van der Waals surface area contributed by atoms with Crippen molar-refractivity contribution in [3.63, 3.8) is 0 Å². The van der Waals surface area contributed by atoms with E-state index in [2.05, 4.69) is 85.8 Å². The van der Waals surface area contributed by atoms with Gasteiger partial charge in [0.1, 0.15) is 0 Å². The molecule has 0 fully saturated rings. The molecule has 4 N–H and O–H groups in total. The van der Waals surface area contributed by atoms with Crippen LogP contribution in [0.4, 0.5) is 0 Å². The number of carboxylic acid groups (broad SMARTS) is 1. The SMILES string of the molecule is CN(C)CCC=C1c2ccccc2C=Cc2ccccc21.Cl.O=C(O)c1cc(O)c(O)c(O)c1. The Morgan fingerprint density at radius 3 is 1.76 bits per heavy atom. The van der Waals surface area contributed by atoms with E-state index in [9.17, 15) is 4.79 Å². The van der Waals surface area contributed by atoms with Crippen molar-refractivity contribution in [2.45, 2.75) is 6.42 Å². The van der Waals surface area contributed by atoms with E-state index in [0.717, 1.165) is 25.1 Å². The van der Waals surface area contributed by atoms with Crippen LogP contribution < -0.4 is 0 Å². The number of hydrogen-bond acceptors (Lipinski definition) is 5. The highest BCUT2D eigenvalue weighted by Gasteiger charge is 2.14. The van der Waals surface area contributed by atoms with E-state index >= 15 is 0 Å². The molecule has 0 heterocycles. The van der Waals surface area contributed by atoms with Crippen molar-refractivity contribution in [3.05, 3.63) is 94.6 Å². The number of aromatic carboxylic acids is 1. The van der Waals surface area contributed by atoms with Crippen LogP contribution in [-0.2, 0) is 0 Å². The average molecular weight is 482 g/mol. The molecule has 1 aliphatic carbocycles. The first-order valence-corrected chi connectivity index (χ1v) is 10.5. The van der Waals surface area contributed by atoms with E-state index in [0.29, 0.717) is 0 Å². The lowest BCUT2D eigenvalue weighted by Gasteiger charge is -2.13. The summed E-state index contributed by atoms with van der Waals surface area (Å²) in [5.74, 6) is -3.33. The summed E-state index contributed by atoms with van der Waals surface area (Å²) >= 11 is 0. The van der Waals surface area contributed by atoms with Gasteiger partial charge in [0, 0.05) is 6.54 Å². The second-order valence-corrected chi connectivity index (χ2v) is 7.89. The molecule has 0 aromatic heterocycles. The number of aromatic hydroxyl groups is 3. The van der Waals surface area contributed by atoms with Gasteiger partial charge in [-0.15, -0.1) is 12.4 Å². The lowest BCUT2D eigenvalue weighted by molar-refractivity contribution is 0.0696. The van der Waals surface area contributed by atoms with Gasteiger partial charge in [-0.2, -0.15) is 0 Å². The standard InChI is InChI=1S/C20H21N.C7H6O5.ClH/c1-21(2)15-7-12-20-18-10-5-3-8-16(18)13-14-17-9-4-6-11-19(17)20;8-4-1-3(7(11)12)2-5(9)6(4)10;/h3-6,8-14H,7,15H2,1-2H3;1-2,8-10H,(H,11,12);1H. The first-order valence-electron chi connectivity index (χ1n) is 10.5. The lowest BCUT2D eigenvalue weighted by atomic mass is 9.93. The fourth-order valence-corrected chi connectivity index (χ4v) is 3.51. The Hall–Kier alpha value is -3.74. The number of benzene rings is 3. The Bertz CT molecular complexity index is 1140. The van der Waals surface area contributed by atoms with Gasteiger partial charge in [-0.05, 0) is 60.5 Å². The van der Waals surface area contributed by atoms with Crippen molar-refractivity contribution >= 4 is 36.1 Å². The van der Waals surface area contributed by atoms with Gasteiger partial charge in [0.25, 0.3) is 0 Å². The predicted octanol–water partition coefficient (Wildman–Crippen LogP) is 5.48. The Labute approximate surface area is 205 Å². The number of halogens is 1. The Balaban J connectivity index is 0.000000270. The molecule has 6 nitrogen and oxygen atoms in total. The second-order valence-electron chi connectivity index (χ2n) is 7.89. The maximum absolute atomic E-state index is 10.3. The monoisotopic (exact) mass is 481 g/mol. The minimum absolute atomic E-state index is 0. The molecule has 34 heavy (non-hydrogen) atoms. The van der Waals surface area contributed by atoms with Crippen LogP contribution in [-0.4, -0.2) is 51.9 Å². The Morgan fingerprint density at radius 2 is 1.32 bits per heavy atom. The van der Waals surface area contributed by atoms with Gasteiger partial charge < -0.3 is 25.3 Å². The second kappa shape index (κ2) is 11.9. The van der Waals surface area contributed by atoms with Crippen molar-refractivity contribution in [2.75, 3.05) is 20.6 Å². The van der Waals surface area contributed by atoms with Gasteiger partial charge in [0.15, 0.2) is 17.2 Å². The smallest absolute Gasteiger partial charge is 0.335 e. The number of phenolic OH excluding ortho intramolecular Hbond substituents is 3. The molecule has 1 aliphatic rings. The van der Waals surface area contributed by atoms with Crippen molar-refractivity contribution in [2.24, 2.45) is 0 Å². The zero-order valence-corrected chi connectivity index (χ0v) is 19.8. The van der Waals surface area contributed by atoms with E-state index in [1.165, 1.54) is 27.8 Å². The largest absolute Gasteiger partial charge is 0.504 e. The van der Waals surface area contributed by atoms with Crippen molar-refractivity contribution in [1.82, 2.24) is 4.90 Å².